The van der Waals surface area contributed by atoms with Crippen molar-refractivity contribution in [2.75, 3.05) is 19.1 Å². The molecule has 0 saturated carbocycles. The van der Waals surface area contributed by atoms with Gasteiger partial charge in [0, 0.05) is 5.88 Å². The van der Waals surface area contributed by atoms with E-state index in [0.717, 1.165) is 12.8 Å². The van der Waals surface area contributed by atoms with E-state index in [1.165, 1.54) is 0 Å². The molecule has 0 aliphatic rings. The van der Waals surface area contributed by atoms with Crippen LogP contribution < -0.4 is 0 Å². The van der Waals surface area contributed by atoms with Gasteiger partial charge in [-0.3, -0.25) is 0 Å². The second-order valence-electron chi connectivity index (χ2n) is 3.05. The minimum atomic E-state index is -0.480. The topological polar surface area (TPSA) is 35.5 Å². The predicted molar refractivity (Wildman–Crippen MR) is 61.1 cm³/mol. The van der Waals surface area contributed by atoms with Crippen LogP contribution in [0, 0.1) is 0 Å². The normalized spacial score (nSPS) is 12.1. The van der Waals surface area contributed by atoms with Crippen LogP contribution >= 0.6 is 11.6 Å². The van der Waals surface area contributed by atoms with Crippen molar-refractivity contribution in [3.05, 3.63) is 12.7 Å². The number of hydrogen-bond acceptors (Lipinski definition) is 3. The summed E-state index contributed by atoms with van der Waals surface area (Å²) in [6.07, 6.45) is 3.54. The van der Waals surface area contributed by atoms with Crippen LogP contribution in [0.5, 0.6) is 0 Å². The molecule has 0 amide bonds. The minimum absolute atomic E-state index is 0.297. The van der Waals surface area contributed by atoms with Crippen LogP contribution in [0.25, 0.3) is 0 Å². The summed E-state index contributed by atoms with van der Waals surface area (Å²) in [5, 5.41) is 0. The predicted octanol–water partition coefficient (Wildman–Crippen LogP) is 2.53. The number of hydrogen-bond donors (Lipinski definition) is 0. The van der Waals surface area contributed by atoms with Gasteiger partial charge in [-0.25, -0.2) is 4.79 Å². The lowest BCUT2D eigenvalue weighted by atomic mass is 10.1. The van der Waals surface area contributed by atoms with Gasteiger partial charge in [-0.2, -0.15) is 0 Å². The van der Waals surface area contributed by atoms with E-state index in [9.17, 15) is 4.79 Å². The maximum absolute atomic E-state index is 11.4. The second kappa shape index (κ2) is 9.99. The molecule has 0 radical (unpaired) electrons. The first kappa shape index (κ1) is 14.5. The molecule has 0 fully saturated rings. The molecule has 0 saturated heterocycles. The van der Waals surface area contributed by atoms with Gasteiger partial charge in [0.25, 0.3) is 0 Å². The number of halogens is 1. The third-order valence-corrected chi connectivity index (χ3v) is 2.08. The fraction of sp³-hybridized carbons (Fsp3) is 0.727. The Labute approximate surface area is 96.4 Å². The summed E-state index contributed by atoms with van der Waals surface area (Å²) in [4.78, 5) is 11.4. The van der Waals surface area contributed by atoms with Crippen molar-refractivity contribution in [2.24, 2.45) is 0 Å². The van der Waals surface area contributed by atoms with E-state index in [2.05, 4.69) is 6.58 Å². The number of alkyl halides is 1. The highest BCUT2D eigenvalue weighted by molar-refractivity contribution is 6.17. The third kappa shape index (κ3) is 7.40. The molecule has 0 rings (SSSR count). The molecular formula is C11H19ClO3. The van der Waals surface area contributed by atoms with Gasteiger partial charge in [-0.15, -0.1) is 18.2 Å². The van der Waals surface area contributed by atoms with Crippen molar-refractivity contribution >= 4 is 17.6 Å². The Hall–Kier alpha value is -0.540. The summed E-state index contributed by atoms with van der Waals surface area (Å²) in [5.74, 6) is 0.311. The fourth-order valence-corrected chi connectivity index (χ4v) is 1.30. The maximum Gasteiger partial charge on any atom is 0.335 e. The smallest absolute Gasteiger partial charge is 0.335 e. The molecule has 0 aliphatic heterocycles. The van der Waals surface area contributed by atoms with Crippen LogP contribution in [0.2, 0.25) is 0 Å². The molecule has 0 heterocycles. The Morgan fingerprint density at radius 1 is 1.53 bits per heavy atom. The van der Waals surface area contributed by atoms with Crippen molar-refractivity contribution in [1.82, 2.24) is 0 Å². The van der Waals surface area contributed by atoms with Crippen LogP contribution in [-0.2, 0) is 14.3 Å². The first-order chi connectivity index (χ1) is 7.26. The Bertz CT molecular complexity index is 183. The van der Waals surface area contributed by atoms with Gasteiger partial charge >= 0.3 is 5.97 Å². The summed E-state index contributed by atoms with van der Waals surface area (Å²) >= 11 is 5.56. The number of ether oxygens (including phenoxy) is 2. The first-order valence-electron chi connectivity index (χ1n) is 5.21. The Balaban J connectivity index is 3.92. The maximum atomic E-state index is 11.4. The molecule has 4 heteroatoms. The van der Waals surface area contributed by atoms with E-state index in [-0.39, 0.29) is 5.97 Å². The number of unbranched alkanes of at least 4 members (excludes halogenated alkanes) is 1. The lowest BCUT2D eigenvalue weighted by molar-refractivity contribution is -0.156. The molecule has 0 bridgehead atoms. The van der Waals surface area contributed by atoms with Crippen molar-refractivity contribution in [2.45, 2.75) is 32.3 Å². The van der Waals surface area contributed by atoms with Gasteiger partial charge in [0.1, 0.15) is 0 Å². The Morgan fingerprint density at radius 3 is 2.80 bits per heavy atom. The molecule has 1 unspecified atom stereocenters. The van der Waals surface area contributed by atoms with Crippen molar-refractivity contribution in [1.29, 1.82) is 0 Å². The van der Waals surface area contributed by atoms with Crippen LogP contribution in [0.3, 0.4) is 0 Å². The number of esters is 1. The minimum Gasteiger partial charge on any atom is -0.464 e. The molecule has 1 atom stereocenters. The zero-order chi connectivity index (χ0) is 11.5. The molecular weight excluding hydrogens is 216 g/mol. The average molecular weight is 235 g/mol. The summed E-state index contributed by atoms with van der Waals surface area (Å²) in [6, 6.07) is 0. The second-order valence-corrected chi connectivity index (χ2v) is 3.43. The van der Waals surface area contributed by atoms with Crippen molar-refractivity contribution < 1.29 is 14.3 Å². The monoisotopic (exact) mass is 234 g/mol. The van der Waals surface area contributed by atoms with Crippen LogP contribution in [0.1, 0.15) is 26.2 Å². The molecule has 0 N–H and O–H groups in total. The zero-order valence-electron chi connectivity index (χ0n) is 9.21. The van der Waals surface area contributed by atoms with Gasteiger partial charge in [0.05, 0.1) is 13.2 Å². The molecule has 0 aromatic rings. The lowest BCUT2D eigenvalue weighted by Gasteiger charge is -2.14. The summed E-state index contributed by atoms with van der Waals surface area (Å²) in [7, 11) is 0. The van der Waals surface area contributed by atoms with Gasteiger partial charge in [-0.05, 0) is 26.2 Å². The number of carbonyl (C=O) groups excluding carboxylic acids is 1. The lowest BCUT2D eigenvalue weighted by Crippen LogP contribution is -2.26. The fourth-order valence-electron chi connectivity index (χ4n) is 1.11. The summed E-state index contributed by atoms with van der Waals surface area (Å²) < 4.78 is 10.2. The molecule has 0 spiro atoms. The highest BCUT2D eigenvalue weighted by Gasteiger charge is 2.19. The molecule has 0 aromatic heterocycles. The van der Waals surface area contributed by atoms with E-state index in [0.29, 0.717) is 25.5 Å². The average Bonchev–Trinajstić information content (AvgIpc) is 2.23. The molecule has 0 aromatic carbocycles. The standard InChI is InChI=1S/C11H19ClO3/c1-3-9-15-10(7-5-6-8-12)11(13)14-4-2/h3,10H,1,4-9H2,2H3. The molecule has 88 valence electrons. The highest BCUT2D eigenvalue weighted by atomic mass is 35.5. The third-order valence-electron chi connectivity index (χ3n) is 1.81. The van der Waals surface area contributed by atoms with Gasteiger partial charge in [0.15, 0.2) is 6.10 Å². The van der Waals surface area contributed by atoms with Crippen LogP contribution in [0.15, 0.2) is 12.7 Å². The van der Waals surface area contributed by atoms with Gasteiger partial charge < -0.3 is 9.47 Å². The summed E-state index contributed by atoms with van der Waals surface area (Å²) in [5.41, 5.74) is 0. The van der Waals surface area contributed by atoms with E-state index in [1.54, 1.807) is 13.0 Å². The van der Waals surface area contributed by atoms with Crippen molar-refractivity contribution in [3.8, 4) is 0 Å². The Kier molecular flexibility index (Phi) is 9.63. The number of rotatable bonds is 9. The molecule has 15 heavy (non-hydrogen) atoms. The van der Waals surface area contributed by atoms with E-state index in [1.807, 2.05) is 0 Å². The summed E-state index contributed by atoms with van der Waals surface area (Å²) in [6.45, 7) is 6.06. The zero-order valence-corrected chi connectivity index (χ0v) is 9.96. The van der Waals surface area contributed by atoms with Crippen LogP contribution in [-0.4, -0.2) is 31.2 Å². The van der Waals surface area contributed by atoms with E-state index < -0.39 is 6.10 Å². The molecule has 0 aliphatic carbocycles. The van der Waals surface area contributed by atoms with Gasteiger partial charge in [-0.1, -0.05) is 6.08 Å². The quantitative estimate of drug-likeness (QED) is 0.266. The van der Waals surface area contributed by atoms with E-state index >= 15 is 0 Å². The van der Waals surface area contributed by atoms with E-state index in [4.69, 9.17) is 21.1 Å². The van der Waals surface area contributed by atoms with Gasteiger partial charge in [0.2, 0.25) is 0 Å². The number of carbonyl (C=O) groups is 1. The van der Waals surface area contributed by atoms with Crippen LogP contribution in [0.4, 0.5) is 0 Å². The molecule has 3 nitrogen and oxygen atoms in total. The first-order valence-corrected chi connectivity index (χ1v) is 5.74. The largest absolute Gasteiger partial charge is 0.464 e. The Morgan fingerprint density at radius 2 is 2.27 bits per heavy atom. The SMILES string of the molecule is C=CCOC(CCCCCl)C(=O)OCC. The van der Waals surface area contributed by atoms with Crippen molar-refractivity contribution in [3.63, 3.8) is 0 Å². The highest BCUT2D eigenvalue weighted by Crippen LogP contribution is 2.08.